The zero-order valence-electron chi connectivity index (χ0n) is 14.2. The van der Waals surface area contributed by atoms with Crippen LogP contribution >= 0.6 is 11.6 Å². The summed E-state index contributed by atoms with van der Waals surface area (Å²) in [6.07, 6.45) is 0. The molecule has 2 amide bonds. The maximum absolute atomic E-state index is 12.5. The number of rotatable bonds is 5. The maximum atomic E-state index is 12.5. The second-order valence-electron chi connectivity index (χ2n) is 5.89. The number of ether oxygens (including phenoxy) is 1. The van der Waals surface area contributed by atoms with E-state index in [4.69, 9.17) is 16.3 Å². The molecule has 136 valence electrons. The molecule has 0 bridgehead atoms. The number of hydrogen-bond acceptors (Lipinski definition) is 4. The van der Waals surface area contributed by atoms with Gasteiger partial charge in [-0.25, -0.2) is 0 Å². The zero-order chi connectivity index (χ0) is 18.4. The van der Waals surface area contributed by atoms with Crippen LogP contribution in [0.5, 0.6) is 0 Å². The molecule has 2 aromatic rings. The molecular weight excluding hydrogens is 354 g/mol. The van der Waals surface area contributed by atoms with E-state index in [9.17, 15) is 9.59 Å². The molecule has 1 aliphatic rings. The van der Waals surface area contributed by atoms with Crippen LogP contribution in [0.1, 0.15) is 10.4 Å². The third-order valence-corrected chi connectivity index (χ3v) is 4.24. The molecule has 2 aromatic carbocycles. The number of benzene rings is 2. The van der Waals surface area contributed by atoms with Gasteiger partial charge in [0.25, 0.3) is 5.91 Å². The summed E-state index contributed by atoms with van der Waals surface area (Å²) in [4.78, 5) is 26.3. The minimum atomic E-state index is -0.183. The van der Waals surface area contributed by atoms with E-state index in [1.54, 1.807) is 47.4 Å². The minimum Gasteiger partial charge on any atom is -0.378 e. The van der Waals surface area contributed by atoms with Gasteiger partial charge in [0.15, 0.2) is 0 Å². The highest BCUT2D eigenvalue weighted by Crippen LogP contribution is 2.15. The SMILES string of the molecule is O=C(CNc1cccc(C(=O)N2CCOCC2)c1)Nc1ccc(Cl)cc1. The van der Waals surface area contributed by atoms with Gasteiger partial charge in [-0.1, -0.05) is 17.7 Å². The van der Waals surface area contributed by atoms with Crippen molar-refractivity contribution >= 4 is 34.8 Å². The summed E-state index contributed by atoms with van der Waals surface area (Å²) in [5, 5.41) is 6.43. The molecule has 1 heterocycles. The van der Waals surface area contributed by atoms with Crippen LogP contribution in [0.3, 0.4) is 0 Å². The van der Waals surface area contributed by atoms with Gasteiger partial charge in [-0.2, -0.15) is 0 Å². The maximum Gasteiger partial charge on any atom is 0.254 e. The molecule has 6 nitrogen and oxygen atoms in total. The molecular formula is C19H20ClN3O3. The molecule has 2 N–H and O–H groups in total. The Labute approximate surface area is 157 Å². The van der Waals surface area contributed by atoms with Crippen LogP contribution in [0.4, 0.5) is 11.4 Å². The van der Waals surface area contributed by atoms with Crippen molar-refractivity contribution in [3.8, 4) is 0 Å². The first-order chi connectivity index (χ1) is 12.6. The molecule has 0 saturated carbocycles. The highest BCUT2D eigenvalue weighted by Gasteiger charge is 2.18. The van der Waals surface area contributed by atoms with Crippen LogP contribution in [0, 0.1) is 0 Å². The standard InChI is InChI=1S/C19H20ClN3O3/c20-15-4-6-16(7-5-15)22-18(24)13-21-17-3-1-2-14(12-17)19(25)23-8-10-26-11-9-23/h1-7,12,21H,8-11,13H2,(H,22,24). The van der Waals surface area contributed by atoms with E-state index in [1.807, 2.05) is 6.07 Å². The van der Waals surface area contributed by atoms with Gasteiger partial charge in [-0.05, 0) is 42.5 Å². The molecule has 1 fully saturated rings. The van der Waals surface area contributed by atoms with Gasteiger partial charge >= 0.3 is 0 Å². The van der Waals surface area contributed by atoms with E-state index < -0.39 is 0 Å². The van der Waals surface area contributed by atoms with Crippen LogP contribution in [-0.4, -0.2) is 49.6 Å². The summed E-state index contributed by atoms with van der Waals surface area (Å²) < 4.78 is 5.27. The third kappa shape index (κ3) is 4.97. The number of carbonyl (C=O) groups excluding carboxylic acids is 2. The number of morpholine rings is 1. The number of nitrogens with one attached hydrogen (secondary N) is 2. The quantitative estimate of drug-likeness (QED) is 0.845. The fourth-order valence-electron chi connectivity index (χ4n) is 2.63. The van der Waals surface area contributed by atoms with Gasteiger partial charge in [-0.3, -0.25) is 9.59 Å². The Bertz CT molecular complexity index is 774. The van der Waals surface area contributed by atoms with E-state index in [0.717, 1.165) is 5.69 Å². The lowest BCUT2D eigenvalue weighted by Crippen LogP contribution is -2.40. The summed E-state index contributed by atoms with van der Waals surface area (Å²) in [5.41, 5.74) is 1.99. The second kappa shape index (κ2) is 8.69. The van der Waals surface area contributed by atoms with Gasteiger partial charge in [0.2, 0.25) is 5.91 Å². The van der Waals surface area contributed by atoms with Crippen molar-refractivity contribution in [2.45, 2.75) is 0 Å². The fourth-order valence-corrected chi connectivity index (χ4v) is 2.76. The first kappa shape index (κ1) is 18.2. The zero-order valence-corrected chi connectivity index (χ0v) is 15.0. The molecule has 0 aliphatic carbocycles. The fraction of sp³-hybridized carbons (Fsp3) is 0.263. The Morgan fingerprint density at radius 3 is 2.50 bits per heavy atom. The average Bonchev–Trinajstić information content (AvgIpc) is 2.68. The van der Waals surface area contributed by atoms with E-state index in [2.05, 4.69) is 10.6 Å². The highest BCUT2D eigenvalue weighted by molar-refractivity contribution is 6.30. The number of halogens is 1. The van der Waals surface area contributed by atoms with Crippen LogP contribution in [-0.2, 0) is 9.53 Å². The first-order valence-corrected chi connectivity index (χ1v) is 8.76. The molecule has 26 heavy (non-hydrogen) atoms. The van der Waals surface area contributed by atoms with E-state index in [0.29, 0.717) is 42.6 Å². The average molecular weight is 374 g/mol. The van der Waals surface area contributed by atoms with Crippen LogP contribution < -0.4 is 10.6 Å². The van der Waals surface area contributed by atoms with E-state index >= 15 is 0 Å². The molecule has 7 heteroatoms. The van der Waals surface area contributed by atoms with Crippen molar-refractivity contribution in [2.24, 2.45) is 0 Å². The van der Waals surface area contributed by atoms with Crippen molar-refractivity contribution in [2.75, 3.05) is 43.5 Å². The predicted molar refractivity (Wildman–Crippen MR) is 102 cm³/mol. The first-order valence-electron chi connectivity index (χ1n) is 8.38. The minimum absolute atomic E-state index is 0.0254. The van der Waals surface area contributed by atoms with Crippen molar-refractivity contribution in [1.82, 2.24) is 4.90 Å². The lowest BCUT2D eigenvalue weighted by Gasteiger charge is -2.27. The number of hydrogen-bond donors (Lipinski definition) is 2. The Balaban J connectivity index is 1.55. The van der Waals surface area contributed by atoms with Gasteiger partial charge in [0.1, 0.15) is 0 Å². The van der Waals surface area contributed by atoms with Crippen LogP contribution in [0.2, 0.25) is 5.02 Å². The Hall–Kier alpha value is -2.57. The number of anilines is 2. The third-order valence-electron chi connectivity index (χ3n) is 3.99. The number of amides is 2. The van der Waals surface area contributed by atoms with Gasteiger partial charge < -0.3 is 20.3 Å². The summed E-state index contributed by atoms with van der Waals surface area (Å²) in [7, 11) is 0. The van der Waals surface area contributed by atoms with Gasteiger partial charge in [-0.15, -0.1) is 0 Å². The molecule has 0 unspecified atom stereocenters. The highest BCUT2D eigenvalue weighted by atomic mass is 35.5. The molecule has 0 spiro atoms. The van der Waals surface area contributed by atoms with Crippen molar-refractivity contribution in [1.29, 1.82) is 0 Å². The Morgan fingerprint density at radius 2 is 1.77 bits per heavy atom. The molecule has 3 rings (SSSR count). The van der Waals surface area contributed by atoms with Crippen molar-refractivity contribution in [3.63, 3.8) is 0 Å². The smallest absolute Gasteiger partial charge is 0.254 e. The largest absolute Gasteiger partial charge is 0.378 e. The summed E-state index contributed by atoms with van der Waals surface area (Å²) in [6, 6.07) is 14.1. The Morgan fingerprint density at radius 1 is 1.04 bits per heavy atom. The molecule has 1 saturated heterocycles. The molecule has 1 aliphatic heterocycles. The number of carbonyl (C=O) groups is 2. The van der Waals surface area contributed by atoms with E-state index in [1.165, 1.54) is 0 Å². The van der Waals surface area contributed by atoms with Crippen LogP contribution in [0.15, 0.2) is 48.5 Å². The normalized spacial score (nSPS) is 14.0. The summed E-state index contributed by atoms with van der Waals surface area (Å²) in [5.74, 6) is -0.209. The predicted octanol–water partition coefficient (Wildman–Crippen LogP) is 2.86. The lowest BCUT2D eigenvalue weighted by molar-refractivity contribution is -0.114. The van der Waals surface area contributed by atoms with Crippen molar-refractivity contribution < 1.29 is 14.3 Å². The van der Waals surface area contributed by atoms with E-state index in [-0.39, 0.29) is 18.4 Å². The topological polar surface area (TPSA) is 70.7 Å². The second-order valence-corrected chi connectivity index (χ2v) is 6.33. The Kier molecular flexibility index (Phi) is 6.09. The monoisotopic (exact) mass is 373 g/mol. The molecule has 0 radical (unpaired) electrons. The number of nitrogens with zero attached hydrogens (tertiary/aromatic N) is 1. The van der Waals surface area contributed by atoms with Gasteiger partial charge in [0.05, 0.1) is 19.8 Å². The molecule has 0 aromatic heterocycles. The van der Waals surface area contributed by atoms with Crippen molar-refractivity contribution in [3.05, 3.63) is 59.1 Å². The van der Waals surface area contributed by atoms with Gasteiger partial charge in [0, 0.05) is 35.1 Å². The summed E-state index contributed by atoms with van der Waals surface area (Å²) in [6.45, 7) is 2.42. The molecule has 0 atom stereocenters. The summed E-state index contributed by atoms with van der Waals surface area (Å²) >= 11 is 5.82. The lowest BCUT2D eigenvalue weighted by atomic mass is 10.1. The van der Waals surface area contributed by atoms with Crippen LogP contribution in [0.25, 0.3) is 0 Å².